The fraction of sp³-hybridized carbons (Fsp3) is 0.462. The minimum Gasteiger partial charge on any atom is -0.352 e. The molecular weight excluding hydrogens is 297 g/mol. The van der Waals surface area contributed by atoms with Gasteiger partial charge in [-0.25, -0.2) is 17.5 Å². The second kappa shape index (κ2) is 6.97. The molecule has 2 rings (SSSR count). The van der Waals surface area contributed by atoms with Crippen LogP contribution in [0.2, 0.25) is 0 Å². The molecule has 8 heteroatoms. The fourth-order valence-electron chi connectivity index (χ4n) is 2.07. The Morgan fingerprint density at radius 3 is 2.67 bits per heavy atom. The molecule has 1 atom stereocenters. The minimum absolute atomic E-state index is 0.00565. The molecule has 1 fully saturated rings. The van der Waals surface area contributed by atoms with Gasteiger partial charge in [-0.1, -0.05) is 0 Å². The average molecular weight is 315 g/mol. The number of amides is 1. The van der Waals surface area contributed by atoms with E-state index in [1.54, 1.807) is 0 Å². The van der Waals surface area contributed by atoms with Crippen LogP contribution in [0, 0.1) is 5.82 Å². The lowest BCUT2D eigenvalue weighted by atomic mass is 10.2. The van der Waals surface area contributed by atoms with E-state index in [2.05, 4.69) is 15.4 Å². The highest BCUT2D eigenvalue weighted by atomic mass is 32.2. The van der Waals surface area contributed by atoms with Gasteiger partial charge in [-0.15, -0.1) is 0 Å². The first-order chi connectivity index (χ1) is 9.97. The number of carbonyl (C=O) groups excluding carboxylic acids is 1. The van der Waals surface area contributed by atoms with Crippen LogP contribution in [0.15, 0.2) is 29.2 Å². The first kappa shape index (κ1) is 15.9. The Hall–Kier alpha value is -1.51. The number of sulfonamides is 1. The first-order valence-electron chi connectivity index (χ1n) is 6.73. The van der Waals surface area contributed by atoms with Crippen molar-refractivity contribution in [2.75, 3.05) is 19.6 Å². The van der Waals surface area contributed by atoms with Crippen molar-refractivity contribution in [3.8, 4) is 0 Å². The van der Waals surface area contributed by atoms with E-state index in [0.717, 1.165) is 31.6 Å². The lowest BCUT2D eigenvalue weighted by Crippen LogP contribution is -2.38. The van der Waals surface area contributed by atoms with E-state index < -0.39 is 15.8 Å². The molecule has 0 aliphatic carbocycles. The molecule has 1 heterocycles. The molecule has 1 aliphatic rings. The Bertz CT molecular complexity index is 583. The number of benzene rings is 1. The van der Waals surface area contributed by atoms with Gasteiger partial charge in [0.05, 0.1) is 4.90 Å². The molecule has 1 saturated heterocycles. The van der Waals surface area contributed by atoms with Gasteiger partial charge in [0.2, 0.25) is 15.9 Å². The number of hydrogen-bond donors (Lipinski definition) is 3. The topological polar surface area (TPSA) is 87.3 Å². The highest BCUT2D eigenvalue weighted by molar-refractivity contribution is 7.89. The van der Waals surface area contributed by atoms with Gasteiger partial charge in [0.15, 0.2) is 0 Å². The van der Waals surface area contributed by atoms with E-state index in [0.29, 0.717) is 0 Å². The lowest BCUT2D eigenvalue weighted by Gasteiger charge is -2.11. The maximum Gasteiger partial charge on any atom is 0.240 e. The van der Waals surface area contributed by atoms with E-state index in [4.69, 9.17) is 0 Å². The van der Waals surface area contributed by atoms with Crippen LogP contribution in [0.1, 0.15) is 12.8 Å². The van der Waals surface area contributed by atoms with Crippen molar-refractivity contribution in [1.82, 2.24) is 15.4 Å². The monoisotopic (exact) mass is 315 g/mol. The lowest BCUT2D eigenvalue weighted by molar-refractivity contribution is -0.121. The van der Waals surface area contributed by atoms with Gasteiger partial charge >= 0.3 is 0 Å². The van der Waals surface area contributed by atoms with E-state index >= 15 is 0 Å². The summed E-state index contributed by atoms with van der Waals surface area (Å²) in [5.74, 6) is -0.691. The van der Waals surface area contributed by atoms with Crippen LogP contribution in [0.5, 0.6) is 0 Å². The molecular formula is C13H18FN3O3S. The van der Waals surface area contributed by atoms with Crippen LogP contribution in [-0.2, 0) is 14.8 Å². The molecule has 1 aromatic rings. The highest BCUT2D eigenvalue weighted by Gasteiger charge is 2.17. The Morgan fingerprint density at radius 1 is 1.33 bits per heavy atom. The molecule has 21 heavy (non-hydrogen) atoms. The molecule has 1 amide bonds. The number of nitrogens with one attached hydrogen (secondary N) is 3. The average Bonchev–Trinajstić information content (AvgIpc) is 2.91. The van der Waals surface area contributed by atoms with Gasteiger partial charge in [0.1, 0.15) is 5.82 Å². The van der Waals surface area contributed by atoms with Gasteiger partial charge < -0.3 is 10.6 Å². The molecule has 1 aliphatic heterocycles. The van der Waals surface area contributed by atoms with Crippen molar-refractivity contribution >= 4 is 15.9 Å². The number of rotatable bonds is 6. The predicted octanol–water partition coefficient (Wildman–Crippen LogP) is -0.0278. The number of carbonyl (C=O) groups is 1. The van der Waals surface area contributed by atoms with E-state index in [9.17, 15) is 17.6 Å². The third-order valence-electron chi connectivity index (χ3n) is 3.19. The summed E-state index contributed by atoms with van der Waals surface area (Å²) in [7, 11) is -3.71. The van der Waals surface area contributed by atoms with Gasteiger partial charge in [-0.2, -0.15) is 0 Å². The molecule has 0 spiro atoms. The number of hydrogen-bond acceptors (Lipinski definition) is 4. The summed E-state index contributed by atoms with van der Waals surface area (Å²) in [4.78, 5) is 11.6. The zero-order chi connectivity index (χ0) is 15.3. The van der Waals surface area contributed by atoms with Crippen LogP contribution in [0.4, 0.5) is 4.39 Å². The Kier molecular flexibility index (Phi) is 5.27. The van der Waals surface area contributed by atoms with Crippen LogP contribution < -0.4 is 15.4 Å². The Morgan fingerprint density at radius 2 is 2.05 bits per heavy atom. The van der Waals surface area contributed by atoms with Crippen LogP contribution in [0.3, 0.4) is 0 Å². The maximum absolute atomic E-state index is 12.8. The van der Waals surface area contributed by atoms with Crippen molar-refractivity contribution in [2.45, 2.75) is 23.8 Å². The third kappa shape index (κ3) is 4.76. The van der Waals surface area contributed by atoms with Crippen LogP contribution >= 0.6 is 0 Å². The zero-order valence-corrected chi connectivity index (χ0v) is 12.2. The van der Waals surface area contributed by atoms with Crippen LogP contribution in [-0.4, -0.2) is 40.0 Å². The van der Waals surface area contributed by atoms with Gasteiger partial charge in [0.25, 0.3) is 0 Å². The molecule has 0 saturated carbocycles. The first-order valence-corrected chi connectivity index (χ1v) is 8.21. The summed E-state index contributed by atoms with van der Waals surface area (Å²) < 4.78 is 38.9. The summed E-state index contributed by atoms with van der Waals surface area (Å²) >= 11 is 0. The van der Waals surface area contributed by atoms with E-state index in [-0.39, 0.29) is 29.8 Å². The molecule has 0 aromatic heterocycles. The third-order valence-corrected chi connectivity index (χ3v) is 4.67. The van der Waals surface area contributed by atoms with Gasteiger partial charge in [-0.3, -0.25) is 4.79 Å². The summed E-state index contributed by atoms with van der Waals surface area (Å²) in [5.41, 5.74) is 0. The van der Waals surface area contributed by atoms with Gasteiger partial charge in [0, 0.05) is 25.6 Å². The predicted molar refractivity (Wildman–Crippen MR) is 75.6 cm³/mol. The normalized spacial score (nSPS) is 18.6. The van der Waals surface area contributed by atoms with Crippen molar-refractivity contribution in [3.05, 3.63) is 30.1 Å². The van der Waals surface area contributed by atoms with Crippen molar-refractivity contribution < 1.29 is 17.6 Å². The molecule has 116 valence electrons. The summed E-state index contributed by atoms with van der Waals surface area (Å²) in [5, 5.41) is 5.95. The highest BCUT2D eigenvalue weighted by Crippen LogP contribution is 2.09. The molecule has 0 radical (unpaired) electrons. The molecule has 1 unspecified atom stereocenters. The summed E-state index contributed by atoms with van der Waals surface area (Å²) in [6.45, 7) is 1.63. The molecule has 3 N–H and O–H groups in total. The largest absolute Gasteiger partial charge is 0.352 e. The Labute approximate surface area is 123 Å². The maximum atomic E-state index is 12.8. The van der Waals surface area contributed by atoms with Gasteiger partial charge in [-0.05, 0) is 37.2 Å². The molecule has 1 aromatic carbocycles. The standard InChI is InChI=1S/C13H18FN3O3S/c14-10-1-3-12(4-2-10)21(19,20)16-8-6-13(18)17-11-5-7-15-9-11/h1-4,11,15-16H,5-9H2,(H,17,18). The quantitative estimate of drug-likeness (QED) is 0.688. The fourth-order valence-corrected chi connectivity index (χ4v) is 3.11. The second-order valence-corrected chi connectivity index (χ2v) is 6.63. The van der Waals surface area contributed by atoms with Crippen molar-refractivity contribution in [3.63, 3.8) is 0 Å². The van der Waals surface area contributed by atoms with E-state index in [1.165, 1.54) is 12.1 Å². The van der Waals surface area contributed by atoms with E-state index in [1.807, 2.05) is 0 Å². The molecule has 0 bridgehead atoms. The number of halogens is 1. The SMILES string of the molecule is O=C(CCNS(=O)(=O)c1ccc(F)cc1)NC1CCNC1. The summed E-state index contributed by atoms with van der Waals surface area (Å²) in [6, 6.07) is 4.64. The smallest absolute Gasteiger partial charge is 0.240 e. The molecule has 6 nitrogen and oxygen atoms in total. The minimum atomic E-state index is -3.71. The summed E-state index contributed by atoms with van der Waals surface area (Å²) in [6.07, 6.45) is 0.948. The Balaban J connectivity index is 1.79. The van der Waals surface area contributed by atoms with Crippen molar-refractivity contribution in [2.24, 2.45) is 0 Å². The van der Waals surface area contributed by atoms with Crippen LogP contribution in [0.25, 0.3) is 0 Å². The van der Waals surface area contributed by atoms with Crippen molar-refractivity contribution in [1.29, 1.82) is 0 Å². The second-order valence-electron chi connectivity index (χ2n) is 4.86. The zero-order valence-electron chi connectivity index (χ0n) is 11.4.